The lowest BCUT2D eigenvalue weighted by atomic mass is 10.1. The van der Waals surface area contributed by atoms with Gasteiger partial charge >= 0.3 is 5.82 Å². The molecule has 0 N–H and O–H groups in total. The van der Waals surface area contributed by atoms with Crippen molar-refractivity contribution in [3.8, 4) is 0 Å². The topological polar surface area (TPSA) is 69.3 Å². The van der Waals surface area contributed by atoms with Crippen molar-refractivity contribution in [2.24, 2.45) is 10.9 Å². The second-order valence-electron chi connectivity index (χ2n) is 6.40. The largest absolute Gasteiger partial charge is 0.318 e. The van der Waals surface area contributed by atoms with E-state index in [0.717, 1.165) is 17.8 Å². The number of hydrogen-bond donors (Lipinski definition) is 0. The standard InChI is InChI=1S/C17H18N6O/c1-11(2)8-12-9-23(20-19-12)15-16-21(3)17(24)13-6-4-5-7-14(13)22(16)10-18-15/h4-7,9-11H,8H2,1-3H3/q+1. The van der Waals surface area contributed by atoms with Crippen LogP contribution in [0.1, 0.15) is 29.9 Å². The number of anilines is 1. The number of aliphatic imine (C=N–C) groups is 1. The highest BCUT2D eigenvalue weighted by Gasteiger charge is 2.46. The molecule has 2 aliphatic heterocycles. The van der Waals surface area contributed by atoms with Crippen molar-refractivity contribution in [3.63, 3.8) is 0 Å². The van der Waals surface area contributed by atoms with Gasteiger partial charge < -0.3 is 0 Å². The summed E-state index contributed by atoms with van der Waals surface area (Å²) in [4.78, 5) is 20.6. The predicted octanol–water partition coefficient (Wildman–Crippen LogP) is 2.16. The van der Waals surface area contributed by atoms with Gasteiger partial charge in [-0.25, -0.2) is 0 Å². The van der Waals surface area contributed by atoms with E-state index < -0.39 is 0 Å². The monoisotopic (exact) mass is 322 g/mol. The molecule has 2 aliphatic rings. The second kappa shape index (κ2) is 5.38. The van der Waals surface area contributed by atoms with Crippen molar-refractivity contribution in [1.29, 1.82) is 0 Å². The number of carbonyl (C=O) groups is 1. The van der Waals surface area contributed by atoms with Crippen molar-refractivity contribution < 1.29 is 4.79 Å². The summed E-state index contributed by atoms with van der Waals surface area (Å²) < 4.78 is 1.64. The van der Waals surface area contributed by atoms with Crippen LogP contribution in [0.25, 0.3) is 5.82 Å². The molecule has 7 nitrogen and oxygen atoms in total. The van der Waals surface area contributed by atoms with Crippen molar-refractivity contribution >= 4 is 23.8 Å². The molecular formula is C17H18N6O+. The molecule has 2 aromatic rings. The zero-order valence-corrected chi connectivity index (χ0v) is 13.8. The van der Waals surface area contributed by atoms with Gasteiger partial charge in [0.2, 0.25) is 11.5 Å². The highest BCUT2D eigenvalue weighted by Crippen LogP contribution is 2.36. The van der Waals surface area contributed by atoms with E-state index in [2.05, 4.69) is 29.2 Å². The summed E-state index contributed by atoms with van der Waals surface area (Å²) in [6.45, 7) is 4.28. The molecule has 0 fully saturated rings. The van der Waals surface area contributed by atoms with E-state index in [1.165, 1.54) is 0 Å². The maximum absolute atomic E-state index is 12.7. The number of benzene rings is 1. The van der Waals surface area contributed by atoms with Gasteiger partial charge in [0.15, 0.2) is 0 Å². The predicted molar refractivity (Wildman–Crippen MR) is 90.6 cm³/mol. The fourth-order valence-electron chi connectivity index (χ4n) is 3.04. The summed E-state index contributed by atoms with van der Waals surface area (Å²) in [7, 11) is 1.75. The minimum Gasteiger partial charge on any atom is -0.268 e. The van der Waals surface area contributed by atoms with Crippen molar-refractivity contribution in [1.82, 2.24) is 24.8 Å². The fourth-order valence-corrected chi connectivity index (χ4v) is 3.04. The first-order chi connectivity index (χ1) is 11.6. The summed E-state index contributed by atoms with van der Waals surface area (Å²) in [5, 5.41) is 8.40. The Labute approximate surface area is 139 Å². The normalized spacial score (nSPS) is 17.0. The second-order valence-corrected chi connectivity index (χ2v) is 6.40. The van der Waals surface area contributed by atoms with E-state index in [0.29, 0.717) is 23.1 Å². The Bertz CT molecular complexity index is 879. The molecule has 4 rings (SSSR count). The van der Waals surface area contributed by atoms with Crippen LogP contribution in [0.3, 0.4) is 0 Å². The minimum absolute atomic E-state index is 0.0534. The number of nitrogens with zero attached hydrogens (tertiary/aromatic N) is 6. The van der Waals surface area contributed by atoms with Gasteiger partial charge in [-0.3, -0.25) is 9.69 Å². The van der Waals surface area contributed by atoms with Gasteiger partial charge in [-0.05, 0) is 23.3 Å². The van der Waals surface area contributed by atoms with Gasteiger partial charge in [-0.15, -0.1) is 5.10 Å². The van der Waals surface area contributed by atoms with E-state index in [4.69, 9.17) is 0 Å². The highest BCUT2D eigenvalue weighted by molar-refractivity contribution is 6.06. The highest BCUT2D eigenvalue weighted by atomic mass is 16.2. The molecule has 24 heavy (non-hydrogen) atoms. The molecule has 7 heteroatoms. The third-order valence-electron chi connectivity index (χ3n) is 4.12. The number of hydrogen-bond acceptors (Lipinski definition) is 5. The van der Waals surface area contributed by atoms with Crippen molar-refractivity contribution in [2.45, 2.75) is 20.3 Å². The molecule has 0 aliphatic carbocycles. The molecular weight excluding hydrogens is 304 g/mol. The lowest BCUT2D eigenvalue weighted by molar-refractivity contribution is 0.0815. The van der Waals surface area contributed by atoms with Crippen LogP contribution in [0.2, 0.25) is 0 Å². The first-order valence-electron chi connectivity index (χ1n) is 7.92. The maximum Gasteiger partial charge on any atom is 0.318 e. The molecule has 3 heterocycles. The SMILES string of the molecule is CC(C)Cc1cn(C2=C3N(C)C(=O)c4ccccc4[N+]3C=N2)nn1. The van der Waals surface area contributed by atoms with Gasteiger partial charge in [0.25, 0.3) is 12.2 Å². The number of carbonyl (C=O) groups excluding carboxylic acids is 1. The molecule has 0 atom stereocenters. The van der Waals surface area contributed by atoms with Gasteiger partial charge in [0.1, 0.15) is 5.56 Å². The van der Waals surface area contributed by atoms with Crippen molar-refractivity contribution in [3.05, 3.63) is 47.5 Å². The quantitative estimate of drug-likeness (QED) is 0.813. The first-order valence-corrected chi connectivity index (χ1v) is 7.92. The van der Waals surface area contributed by atoms with Crippen LogP contribution < -0.4 is 4.90 Å². The summed E-state index contributed by atoms with van der Waals surface area (Å²) in [6, 6.07) is 7.52. The Hall–Kier alpha value is -2.80. The molecule has 0 saturated carbocycles. The summed E-state index contributed by atoms with van der Waals surface area (Å²) in [6.07, 6.45) is 4.45. The Morgan fingerprint density at radius 1 is 1.25 bits per heavy atom. The Kier molecular flexibility index (Phi) is 3.31. The number of rotatable bonds is 3. The Morgan fingerprint density at radius 3 is 2.83 bits per heavy atom. The maximum atomic E-state index is 12.7. The van der Waals surface area contributed by atoms with Gasteiger partial charge in [0.05, 0.1) is 11.9 Å². The summed E-state index contributed by atoms with van der Waals surface area (Å²) in [5.41, 5.74) is 2.41. The fraction of sp³-hybridized carbons (Fsp3) is 0.294. The van der Waals surface area contributed by atoms with Crippen molar-refractivity contribution in [2.75, 3.05) is 7.05 Å². The molecule has 1 radical (unpaired) electrons. The average molecular weight is 322 g/mol. The van der Waals surface area contributed by atoms with Crippen LogP contribution in [0.15, 0.2) is 41.3 Å². The van der Waals surface area contributed by atoms with E-state index >= 15 is 0 Å². The van der Waals surface area contributed by atoms with Crippen LogP contribution in [-0.2, 0) is 6.42 Å². The third-order valence-corrected chi connectivity index (χ3v) is 4.12. The van der Waals surface area contributed by atoms with E-state index in [9.17, 15) is 4.79 Å². The molecule has 0 saturated heterocycles. The smallest absolute Gasteiger partial charge is 0.268 e. The average Bonchev–Trinajstić information content (AvgIpc) is 3.18. The van der Waals surface area contributed by atoms with Crippen LogP contribution in [-0.4, -0.2) is 39.2 Å². The lowest BCUT2D eigenvalue weighted by Crippen LogP contribution is -2.41. The lowest BCUT2D eigenvalue weighted by Gasteiger charge is -2.23. The molecule has 0 spiro atoms. The number of para-hydroxylation sites is 1. The number of amides is 1. The van der Waals surface area contributed by atoms with Crippen LogP contribution in [0.5, 0.6) is 0 Å². The van der Waals surface area contributed by atoms with Crippen LogP contribution >= 0.6 is 0 Å². The summed E-state index contributed by atoms with van der Waals surface area (Å²) >= 11 is 0. The zero-order chi connectivity index (χ0) is 16.8. The summed E-state index contributed by atoms with van der Waals surface area (Å²) in [5.74, 6) is 1.74. The van der Waals surface area contributed by atoms with Crippen LogP contribution in [0, 0.1) is 5.92 Å². The number of fused-ring (bicyclic) bond motifs is 3. The molecule has 0 unspecified atom stereocenters. The molecule has 1 aromatic heterocycles. The van der Waals surface area contributed by atoms with E-state index in [1.54, 1.807) is 23.0 Å². The third kappa shape index (κ3) is 2.16. The Morgan fingerprint density at radius 2 is 2.04 bits per heavy atom. The minimum atomic E-state index is -0.0534. The van der Waals surface area contributed by atoms with E-state index in [-0.39, 0.29) is 5.91 Å². The molecule has 0 bridgehead atoms. The Balaban J connectivity index is 1.80. The van der Waals surface area contributed by atoms with Gasteiger partial charge in [-0.1, -0.05) is 31.2 Å². The molecule has 1 aromatic carbocycles. The van der Waals surface area contributed by atoms with Gasteiger partial charge in [-0.2, -0.15) is 9.67 Å². The zero-order valence-electron chi connectivity index (χ0n) is 13.8. The number of aromatic nitrogens is 3. The first kappa shape index (κ1) is 14.8. The van der Waals surface area contributed by atoms with Gasteiger partial charge in [0, 0.05) is 13.1 Å². The van der Waals surface area contributed by atoms with Crippen LogP contribution in [0.4, 0.5) is 5.69 Å². The molecule has 1 amide bonds. The van der Waals surface area contributed by atoms with E-state index in [1.807, 2.05) is 35.4 Å². The molecule has 121 valence electrons.